The topological polar surface area (TPSA) is 0 Å². The Kier molecular flexibility index (Phi) is 2.36. The minimum Gasteiger partial charge on any atom is -0.144 e. The predicted octanol–water partition coefficient (Wildman–Crippen LogP) is 2.44. The lowest BCUT2D eigenvalue weighted by Crippen LogP contribution is -2.20. The smallest absolute Gasteiger partial charge is 0.0332 e. The summed E-state index contributed by atoms with van der Waals surface area (Å²) < 4.78 is 1.48. The molecule has 1 aliphatic carbocycles. The minimum atomic E-state index is 1.21. The zero-order chi connectivity index (χ0) is 9.26. The summed E-state index contributed by atoms with van der Waals surface area (Å²) in [6.07, 6.45) is 6.91. The highest BCUT2D eigenvalue weighted by molar-refractivity contribution is 7.07. The number of thiophene rings is 1. The molecule has 0 nitrogen and oxygen atoms in total. The molecule has 0 N–H and O–H groups in total. The van der Waals surface area contributed by atoms with Crippen molar-refractivity contribution in [1.82, 2.24) is 0 Å². The van der Waals surface area contributed by atoms with Crippen LogP contribution in [0.25, 0.3) is 11.6 Å². The Morgan fingerprint density at radius 3 is 2.85 bits per heavy atom. The third kappa shape index (κ3) is 1.75. The van der Waals surface area contributed by atoms with Gasteiger partial charge in [0.2, 0.25) is 0 Å². The fraction of sp³-hybridized carbons (Fsp3) is 0.333. The third-order valence-electron chi connectivity index (χ3n) is 2.53. The first kappa shape index (κ1) is 8.76. The lowest BCUT2D eigenvalue weighted by atomic mass is 10.0. The van der Waals surface area contributed by atoms with E-state index in [0.717, 1.165) is 0 Å². The van der Waals surface area contributed by atoms with Crippen LogP contribution in [0.1, 0.15) is 26.7 Å². The van der Waals surface area contributed by atoms with Gasteiger partial charge in [-0.05, 0) is 43.4 Å². The maximum absolute atomic E-state index is 2.25. The van der Waals surface area contributed by atoms with Gasteiger partial charge < -0.3 is 0 Å². The van der Waals surface area contributed by atoms with E-state index in [1.165, 1.54) is 33.7 Å². The maximum atomic E-state index is 2.25. The van der Waals surface area contributed by atoms with Crippen LogP contribution in [0.5, 0.6) is 0 Å². The molecule has 0 atom stereocenters. The Labute approximate surface area is 82.9 Å². The molecular weight excluding hydrogens is 176 g/mol. The van der Waals surface area contributed by atoms with Gasteiger partial charge >= 0.3 is 0 Å². The summed E-state index contributed by atoms with van der Waals surface area (Å²) >= 11 is 1.86. The van der Waals surface area contributed by atoms with Crippen molar-refractivity contribution in [2.24, 2.45) is 0 Å². The number of fused-ring (bicyclic) bond motifs is 1. The van der Waals surface area contributed by atoms with E-state index in [1.807, 2.05) is 11.3 Å². The SMILES string of the molecule is C/C1=C/C=c2/ccs/c2=C(/C)CC1. The van der Waals surface area contributed by atoms with Crippen molar-refractivity contribution in [1.29, 1.82) is 0 Å². The van der Waals surface area contributed by atoms with Crippen LogP contribution in [-0.2, 0) is 0 Å². The van der Waals surface area contributed by atoms with E-state index in [1.54, 1.807) is 0 Å². The first-order valence-electron chi connectivity index (χ1n) is 4.68. The Balaban J connectivity index is 2.71. The molecule has 1 heterocycles. The van der Waals surface area contributed by atoms with Crippen molar-refractivity contribution in [3.8, 4) is 0 Å². The van der Waals surface area contributed by atoms with E-state index < -0.39 is 0 Å². The molecule has 0 amide bonds. The molecule has 0 saturated carbocycles. The van der Waals surface area contributed by atoms with E-state index in [0.29, 0.717) is 0 Å². The lowest BCUT2D eigenvalue weighted by molar-refractivity contribution is 0.981. The fourth-order valence-corrected chi connectivity index (χ4v) is 2.54. The van der Waals surface area contributed by atoms with Crippen LogP contribution in [0.2, 0.25) is 0 Å². The molecule has 0 bridgehead atoms. The van der Waals surface area contributed by atoms with Gasteiger partial charge in [0.25, 0.3) is 0 Å². The van der Waals surface area contributed by atoms with Crippen molar-refractivity contribution >= 4 is 23.0 Å². The van der Waals surface area contributed by atoms with Crippen LogP contribution in [-0.4, -0.2) is 0 Å². The maximum Gasteiger partial charge on any atom is 0.0332 e. The van der Waals surface area contributed by atoms with Crippen LogP contribution in [0, 0.1) is 0 Å². The molecule has 1 aromatic heterocycles. The molecule has 0 saturated heterocycles. The van der Waals surface area contributed by atoms with Gasteiger partial charge in [0.15, 0.2) is 0 Å². The lowest BCUT2D eigenvalue weighted by Gasteiger charge is -2.03. The highest BCUT2D eigenvalue weighted by atomic mass is 32.1. The van der Waals surface area contributed by atoms with Gasteiger partial charge in [0.1, 0.15) is 0 Å². The largest absolute Gasteiger partial charge is 0.144 e. The standard InChI is InChI=1S/C12H14S/c1-9-3-5-10(2)12-11(6-4-9)7-8-13-12/h4,6-8H,3,5H2,1-2H3/b9-4-,11-6-,12-10-. The fourth-order valence-electron chi connectivity index (χ4n) is 1.61. The van der Waals surface area contributed by atoms with Gasteiger partial charge in [-0.3, -0.25) is 0 Å². The van der Waals surface area contributed by atoms with Crippen LogP contribution in [0.3, 0.4) is 0 Å². The Hall–Kier alpha value is -0.820. The highest BCUT2D eigenvalue weighted by Gasteiger charge is 1.99. The van der Waals surface area contributed by atoms with Gasteiger partial charge in [-0.15, -0.1) is 11.3 Å². The number of allylic oxidation sites excluding steroid dienone is 2. The summed E-state index contributed by atoms with van der Waals surface area (Å²) in [6.45, 7) is 4.46. The molecule has 68 valence electrons. The van der Waals surface area contributed by atoms with E-state index >= 15 is 0 Å². The molecule has 1 aromatic rings. The van der Waals surface area contributed by atoms with Gasteiger partial charge in [-0.25, -0.2) is 0 Å². The highest BCUT2D eigenvalue weighted by Crippen LogP contribution is 2.12. The van der Waals surface area contributed by atoms with Crippen LogP contribution < -0.4 is 9.75 Å². The molecule has 13 heavy (non-hydrogen) atoms. The molecule has 1 aliphatic rings. The Morgan fingerprint density at radius 1 is 1.15 bits per heavy atom. The molecule has 0 radical (unpaired) electrons. The number of hydrogen-bond donors (Lipinski definition) is 0. The predicted molar refractivity (Wildman–Crippen MR) is 60.1 cm³/mol. The summed E-state index contributed by atoms with van der Waals surface area (Å²) in [7, 11) is 0. The average Bonchev–Trinajstić information content (AvgIpc) is 2.56. The third-order valence-corrected chi connectivity index (χ3v) is 3.62. The monoisotopic (exact) mass is 190 g/mol. The van der Waals surface area contributed by atoms with Crippen LogP contribution in [0.15, 0.2) is 23.1 Å². The van der Waals surface area contributed by atoms with E-state index in [9.17, 15) is 0 Å². The second-order valence-corrected chi connectivity index (χ2v) is 4.58. The van der Waals surface area contributed by atoms with Crippen molar-refractivity contribution in [3.63, 3.8) is 0 Å². The average molecular weight is 190 g/mol. The molecule has 0 fully saturated rings. The number of rotatable bonds is 0. The normalized spacial score (nSPS) is 27.5. The summed E-state index contributed by atoms with van der Waals surface area (Å²) in [6, 6.07) is 2.21. The van der Waals surface area contributed by atoms with Gasteiger partial charge in [0, 0.05) is 4.53 Å². The quantitative estimate of drug-likeness (QED) is 0.589. The zero-order valence-corrected chi connectivity index (χ0v) is 8.95. The van der Waals surface area contributed by atoms with Crippen LogP contribution in [0.4, 0.5) is 0 Å². The molecule has 0 aromatic carbocycles. The minimum absolute atomic E-state index is 1.21. The van der Waals surface area contributed by atoms with Crippen LogP contribution >= 0.6 is 11.3 Å². The second kappa shape index (κ2) is 3.51. The summed E-state index contributed by atoms with van der Waals surface area (Å²) in [4.78, 5) is 0. The number of hydrogen-bond acceptors (Lipinski definition) is 1. The van der Waals surface area contributed by atoms with Crippen molar-refractivity contribution < 1.29 is 0 Å². The van der Waals surface area contributed by atoms with E-state index in [-0.39, 0.29) is 0 Å². The second-order valence-electron chi connectivity index (χ2n) is 3.67. The Morgan fingerprint density at radius 2 is 2.00 bits per heavy atom. The van der Waals surface area contributed by atoms with Gasteiger partial charge in [-0.1, -0.05) is 23.3 Å². The molecular formula is C12H14S. The van der Waals surface area contributed by atoms with Crippen molar-refractivity contribution in [3.05, 3.63) is 32.8 Å². The van der Waals surface area contributed by atoms with Gasteiger partial charge in [0.05, 0.1) is 0 Å². The van der Waals surface area contributed by atoms with E-state index in [4.69, 9.17) is 0 Å². The molecule has 0 spiro atoms. The zero-order valence-electron chi connectivity index (χ0n) is 8.13. The molecule has 0 unspecified atom stereocenters. The molecule has 2 rings (SSSR count). The Bertz CT molecular complexity index is 446. The van der Waals surface area contributed by atoms with Crippen molar-refractivity contribution in [2.45, 2.75) is 26.7 Å². The molecule has 1 heteroatoms. The first-order valence-corrected chi connectivity index (χ1v) is 5.56. The summed E-state index contributed by atoms with van der Waals surface area (Å²) in [5, 5.41) is 3.57. The molecule has 0 aliphatic heterocycles. The summed E-state index contributed by atoms with van der Waals surface area (Å²) in [5.41, 5.74) is 3.02. The van der Waals surface area contributed by atoms with E-state index in [2.05, 4.69) is 37.4 Å². The summed E-state index contributed by atoms with van der Waals surface area (Å²) in [5.74, 6) is 0. The van der Waals surface area contributed by atoms with Gasteiger partial charge in [-0.2, -0.15) is 0 Å². The van der Waals surface area contributed by atoms with Crippen molar-refractivity contribution in [2.75, 3.05) is 0 Å². The first-order chi connectivity index (χ1) is 6.27.